The van der Waals surface area contributed by atoms with Crippen molar-refractivity contribution in [2.45, 2.75) is 12.3 Å². The summed E-state index contributed by atoms with van der Waals surface area (Å²) in [5.41, 5.74) is -0.152. The molecule has 0 saturated carbocycles. The van der Waals surface area contributed by atoms with Crippen LogP contribution in [0.5, 0.6) is 5.75 Å². The van der Waals surface area contributed by atoms with E-state index in [4.69, 9.17) is 4.74 Å². The van der Waals surface area contributed by atoms with E-state index in [9.17, 15) is 14.7 Å². The molecule has 0 spiro atoms. The van der Waals surface area contributed by atoms with Gasteiger partial charge in [0.15, 0.2) is 0 Å². The van der Waals surface area contributed by atoms with Crippen molar-refractivity contribution in [2.75, 3.05) is 59.5 Å². The van der Waals surface area contributed by atoms with Crippen molar-refractivity contribution in [2.24, 2.45) is 5.41 Å². The summed E-state index contributed by atoms with van der Waals surface area (Å²) >= 11 is 0. The molecule has 1 aromatic carbocycles. The minimum absolute atomic E-state index is 0.0204. The van der Waals surface area contributed by atoms with Crippen LogP contribution >= 0.6 is 0 Å². The number of ether oxygens (including phenoxy) is 1. The lowest BCUT2D eigenvalue weighted by Crippen LogP contribution is -2.47. The fourth-order valence-corrected chi connectivity index (χ4v) is 4.58. The third-order valence-corrected chi connectivity index (χ3v) is 6.27. The highest BCUT2D eigenvalue weighted by atomic mass is 16.5. The van der Waals surface area contributed by atoms with E-state index in [0.717, 1.165) is 43.9 Å². The van der Waals surface area contributed by atoms with Gasteiger partial charge in [-0.1, -0.05) is 18.2 Å². The molecule has 7 heteroatoms. The van der Waals surface area contributed by atoms with Crippen LogP contribution in [0.15, 0.2) is 24.3 Å². The number of aliphatic carboxylic acids is 1. The molecule has 3 aliphatic rings. The van der Waals surface area contributed by atoms with E-state index in [1.165, 1.54) is 0 Å². The molecule has 1 aromatic rings. The Hall–Kier alpha value is -2.12. The largest absolute Gasteiger partial charge is 0.492 e. The smallest absolute Gasteiger partial charge is 0.315 e. The number of carbonyl (C=O) groups excluding carboxylic acids is 1. The molecule has 1 amide bonds. The van der Waals surface area contributed by atoms with E-state index in [1.807, 2.05) is 24.3 Å². The predicted molar refractivity (Wildman–Crippen MR) is 99.9 cm³/mol. The van der Waals surface area contributed by atoms with E-state index in [-0.39, 0.29) is 25.0 Å². The Morgan fingerprint density at radius 1 is 1.22 bits per heavy atom. The molecule has 0 bridgehead atoms. The highest BCUT2D eigenvalue weighted by Crippen LogP contribution is 2.49. The molecule has 7 nitrogen and oxygen atoms in total. The first-order chi connectivity index (χ1) is 13.0. The summed E-state index contributed by atoms with van der Waals surface area (Å²) < 4.78 is 5.77. The first-order valence-electron chi connectivity index (χ1n) is 9.63. The monoisotopic (exact) mass is 373 g/mol. The summed E-state index contributed by atoms with van der Waals surface area (Å²) in [4.78, 5) is 31.3. The molecule has 146 valence electrons. The first-order valence-corrected chi connectivity index (χ1v) is 9.63. The summed E-state index contributed by atoms with van der Waals surface area (Å²) in [7, 11) is 2.10. The number of benzene rings is 1. The number of carbonyl (C=O) groups is 2. The zero-order valence-electron chi connectivity index (χ0n) is 15.8. The number of nitrogens with zero attached hydrogens (tertiary/aromatic N) is 3. The number of likely N-dealkylation sites (tertiary alicyclic amines) is 1. The van der Waals surface area contributed by atoms with Crippen LogP contribution < -0.4 is 4.74 Å². The lowest BCUT2D eigenvalue weighted by molar-refractivity contribution is -0.152. The van der Waals surface area contributed by atoms with Crippen molar-refractivity contribution < 1.29 is 19.4 Å². The molecular weight excluding hydrogens is 346 g/mol. The fourth-order valence-electron chi connectivity index (χ4n) is 4.58. The first kappa shape index (κ1) is 18.3. The van der Waals surface area contributed by atoms with Crippen LogP contribution in [0.25, 0.3) is 0 Å². The number of carboxylic acid groups (broad SMARTS) is 1. The topological polar surface area (TPSA) is 73.3 Å². The fraction of sp³-hybridized carbons (Fsp3) is 0.600. The molecule has 2 atom stereocenters. The normalized spacial score (nSPS) is 28.8. The van der Waals surface area contributed by atoms with E-state index in [2.05, 4.69) is 16.8 Å². The molecule has 0 radical (unpaired) electrons. The standard InChI is InChI=1S/C20H27N3O4/c1-21-7-4-8-22(10-9-21)12-18(24)23-11-16-15-5-2-3-6-17(15)27-14-20(16,13-23)19(25)26/h2-3,5-6,16H,4,7-14H2,1H3,(H,25,26)/t16-,20-/m1/s1. The van der Waals surface area contributed by atoms with E-state index >= 15 is 0 Å². The second-order valence-corrected chi connectivity index (χ2v) is 8.05. The summed E-state index contributed by atoms with van der Waals surface area (Å²) in [5.74, 6) is -0.343. The van der Waals surface area contributed by atoms with Crippen molar-refractivity contribution in [3.8, 4) is 5.75 Å². The SMILES string of the molecule is CN1CCCN(CC(=O)N2C[C@@H]3c4ccccc4OC[C@]3(C(=O)O)C2)CC1. The molecule has 3 aliphatic heterocycles. The molecule has 0 aliphatic carbocycles. The van der Waals surface area contributed by atoms with Gasteiger partial charge in [-0.25, -0.2) is 0 Å². The van der Waals surface area contributed by atoms with Crippen LogP contribution in [0.3, 0.4) is 0 Å². The number of hydrogen-bond donors (Lipinski definition) is 1. The second kappa shape index (κ2) is 7.13. The number of fused-ring (bicyclic) bond motifs is 3. The van der Waals surface area contributed by atoms with Crippen molar-refractivity contribution >= 4 is 11.9 Å². The second-order valence-electron chi connectivity index (χ2n) is 8.05. The summed E-state index contributed by atoms with van der Waals surface area (Å²) in [6, 6.07) is 7.59. The molecule has 27 heavy (non-hydrogen) atoms. The van der Waals surface area contributed by atoms with Gasteiger partial charge in [0.2, 0.25) is 5.91 Å². The summed E-state index contributed by atoms with van der Waals surface area (Å²) in [5, 5.41) is 9.98. The number of hydrogen-bond acceptors (Lipinski definition) is 5. The van der Waals surface area contributed by atoms with Gasteiger partial charge < -0.3 is 19.6 Å². The Kier molecular flexibility index (Phi) is 4.82. The van der Waals surface area contributed by atoms with E-state index in [1.54, 1.807) is 4.90 Å². The Bertz CT molecular complexity index is 740. The van der Waals surface area contributed by atoms with Crippen LogP contribution in [-0.2, 0) is 9.59 Å². The van der Waals surface area contributed by atoms with Gasteiger partial charge in [-0.3, -0.25) is 14.5 Å². The average Bonchev–Trinajstić information content (AvgIpc) is 2.97. The number of para-hydroxylation sites is 1. The van der Waals surface area contributed by atoms with Crippen molar-refractivity contribution in [1.82, 2.24) is 14.7 Å². The van der Waals surface area contributed by atoms with E-state index < -0.39 is 11.4 Å². The lowest BCUT2D eigenvalue weighted by Gasteiger charge is -2.35. The quantitative estimate of drug-likeness (QED) is 0.842. The van der Waals surface area contributed by atoms with Gasteiger partial charge in [-0.2, -0.15) is 0 Å². The minimum atomic E-state index is -1.05. The van der Waals surface area contributed by atoms with Gasteiger partial charge in [0.25, 0.3) is 0 Å². The van der Waals surface area contributed by atoms with Gasteiger partial charge in [0.1, 0.15) is 17.8 Å². The molecule has 0 aromatic heterocycles. The van der Waals surface area contributed by atoms with Gasteiger partial charge in [-0.05, 0) is 32.6 Å². The highest BCUT2D eigenvalue weighted by Gasteiger charge is 2.57. The molecule has 0 unspecified atom stereocenters. The molecule has 3 heterocycles. The van der Waals surface area contributed by atoms with Crippen LogP contribution in [0, 0.1) is 5.41 Å². The lowest BCUT2D eigenvalue weighted by atomic mass is 9.73. The van der Waals surface area contributed by atoms with Crippen LogP contribution in [0.4, 0.5) is 0 Å². The average molecular weight is 373 g/mol. The Balaban J connectivity index is 1.51. The Morgan fingerprint density at radius 2 is 2.04 bits per heavy atom. The molecule has 2 saturated heterocycles. The van der Waals surface area contributed by atoms with Crippen LogP contribution in [0.1, 0.15) is 17.9 Å². The van der Waals surface area contributed by atoms with Gasteiger partial charge in [0, 0.05) is 37.7 Å². The highest BCUT2D eigenvalue weighted by molar-refractivity contribution is 5.83. The van der Waals surface area contributed by atoms with Gasteiger partial charge in [0.05, 0.1) is 6.54 Å². The maximum Gasteiger partial charge on any atom is 0.315 e. The van der Waals surface area contributed by atoms with Crippen LogP contribution in [-0.4, -0.2) is 91.2 Å². The van der Waals surface area contributed by atoms with Crippen molar-refractivity contribution in [1.29, 1.82) is 0 Å². The van der Waals surface area contributed by atoms with Gasteiger partial charge >= 0.3 is 5.97 Å². The molecule has 2 fully saturated rings. The maximum atomic E-state index is 13.0. The third kappa shape index (κ3) is 3.30. The van der Waals surface area contributed by atoms with Crippen LogP contribution in [0.2, 0.25) is 0 Å². The number of likely N-dealkylation sites (N-methyl/N-ethyl adjacent to an activating group) is 1. The zero-order valence-corrected chi connectivity index (χ0v) is 15.8. The summed E-state index contributed by atoms with van der Waals surface area (Å²) in [6.07, 6.45) is 1.05. The zero-order chi connectivity index (χ0) is 19.0. The minimum Gasteiger partial charge on any atom is -0.492 e. The Morgan fingerprint density at radius 3 is 2.85 bits per heavy atom. The summed E-state index contributed by atoms with van der Waals surface area (Å²) in [6.45, 7) is 4.91. The number of rotatable bonds is 3. The molecule has 4 rings (SSSR count). The molecule has 1 N–H and O–H groups in total. The van der Waals surface area contributed by atoms with Crippen molar-refractivity contribution in [3.05, 3.63) is 29.8 Å². The number of amides is 1. The number of carboxylic acids is 1. The Labute approximate surface area is 159 Å². The maximum absolute atomic E-state index is 13.0. The molecular formula is C20H27N3O4. The van der Waals surface area contributed by atoms with E-state index in [0.29, 0.717) is 13.1 Å². The predicted octanol–water partition coefficient (Wildman–Crippen LogP) is 0.713. The van der Waals surface area contributed by atoms with Crippen molar-refractivity contribution in [3.63, 3.8) is 0 Å². The van der Waals surface area contributed by atoms with Gasteiger partial charge in [-0.15, -0.1) is 0 Å². The third-order valence-electron chi connectivity index (χ3n) is 6.27.